The average Bonchev–Trinajstić information content (AvgIpc) is 3.36. The van der Waals surface area contributed by atoms with E-state index < -0.39 is 0 Å². The van der Waals surface area contributed by atoms with Gasteiger partial charge in [-0.25, -0.2) is 15.0 Å². The summed E-state index contributed by atoms with van der Waals surface area (Å²) in [5.74, 6) is 1.43. The Morgan fingerprint density at radius 1 is 0.254 bits per heavy atom. The molecule has 0 atom stereocenters. The number of nitrogens with two attached hydrogens (primary N) is 5. The first-order chi connectivity index (χ1) is 32.6. The fraction of sp³-hybridized carbons (Fsp3) is 0.0172. The normalized spacial score (nSPS) is 11.1. The van der Waals surface area contributed by atoms with Crippen molar-refractivity contribution >= 4 is 34.1 Å². The highest BCUT2D eigenvalue weighted by Crippen LogP contribution is 2.39. The van der Waals surface area contributed by atoms with Crippen molar-refractivity contribution in [1.82, 2.24) is 15.0 Å². The highest BCUT2D eigenvalue weighted by atomic mass is 15.0. The Kier molecular flexibility index (Phi) is 11.1. The number of hydrogen-bond donors (Lipinski definition) is 6. The maximum absolute atomic E-state index is 6.38. The lowest BCUT2D eigenvalue weighted by molar-refractivity contribution is 1.07. The van der Waals surface area contributed by atoms with Gasteiger partial charge in [-0.2, -0.15) is 0 Å². The van der Waals surface area contributed by atoms with Gasteiger partial charge in [0.15, 0.2) is 17.5 Å². The highest BCUT2D eigenvalue weighted by molar-refractivity contribution is 5.86. The molecule has 0 aliphatic carbocycles. The van der Waals surface area contributed by atoms with Gasteiger partial charge in [0.1, 0.15) is 0 Å². The number of rotatable bonds is 10. The van der Waals surface area contributed by atoms with Gasteiger partial charge in [-0.15, -0.1) is 0 Å². The van der Waals surface area contributed by atoms with Crippen LogP contribution in [-0.2, 0) is 0 Å². The van der Waals surface area contributed by atoms with Crippen LogP contribution in [0.4, 0.5) is 34.1 Å². The lowest BCUT2D eigenvalue weighted by Crippen LogP contribution is -2.02. The molecule has 11 N–H and O–H groups in total. The zero-order chi connectivity index (χ0) is 46.0. The number of nitrogens with zero attached hydrogens (tertiary/aromatic N) is 3. The van der Waals surface area contributed by atoms with Crippen LogP contribution < -0.4 is 34.0 Å². The Balaban J connectivity index is 1.26. The second-order valence-corrected chi connectivity index (χ2v) is 16.7. The Bertz CT molecular complexity index is 3200. The summed E-state index contributed by atoms with van der Waals surface area (Å²) < 4.78 is 0. The van der Waals surface area contributed by atoms with Crippen LogP contribution in [0.5, 0.6) is 0 Å². The second-order valence-electron chi connectivity index (χ2n) is 16.7. The van der Waals surface area contributed by atoms with Gasteiger partial charge >= 0.3 is 0 Å². The minimum absolute atomic E-state index is 0.476. The molecule has 67 heavy (non-hydrogen) atoms. The quantitative estimate of drug-likeness (QED) is 0.0729. The molecule has 9 nitrogen and oxygen atoms in total. The van der Waals surface area contributed by atoms with E-state index in [-0.39, 0.29) is 0 Å². The molecule has 0 aliphatic heterocycles. The van der Waals surface area contributed by atoms with Gasteiger partial charge in [-0.3, -0.25) is 0 Å². The smallest absolute Gasteiger partial charge is 0.164 e. The van der Waals surface area contributed by atoms with E-state index >= 15 is 0 Å². The number of anilines is 6. The molecule has 0 unspecified atom stereocenters. The predicted molar refractivity (Wildman–Crippen MR) is 280 cm³/mol. The van der Waals surface area contributed by atoms with Crippen LogP contribution in [0.2, 0.25) is 0 Å². The summed E-state index contributed by atoms with van der Waals surface area (Å²) in [4.78, 5) is 16.1. The van der Waals surface area contributed by atoms with Crippen LogP contribution in [-0.4, -0.2) is 22.0 Å². The molecule has 0 radical (unpaired) electrons. The van der Waals surface area contributed by atoms with Crippen LogP contribution in [0.25, 0.3) is 101 Å². The van der Waals surface area contributed by atoms with E-state index in [1.807, 2.05) is 110 Å². The van der Waals surface area contributed by atoms with Crippen molar-refractivity contribution in [2.75, 3.05) is 41.0 Å². The zero-order valence-corrected chi connectivity index (χ0v) is 36.8. The zero-order valence-electron chi connectivity index (χ0n) is 36.8. The predicted octanol–water partition coefficient (Wildman–Crippen LogP) is 12.8. The van der Waals surface area contributed by atoms with Gasteiger partial charge in [0.05, 0.1) is 0 Å². The minimum Gasteiger partial charge on any atom is -0.399 e. The Labute approximate surface area is 389 Å². The van der Waals surface area contributed by atoms with E-state index in [2.05, 4.69) is 102 Å². The first kappa shape index (κ1) is 41.8. The van der Waals surface area contributed by atoms with E-state index in [1.54, 1.807) is 0 Å². The van der Waals surface area contributed by atoms with E-state index in [1.165, 1.54) is 0 Å². The Hall–Kier alpha value is -9.21. The summed E-state index contributed by atoms with van der Waals surface area (Å²) in [7, 11) is 1.92. The molecule has 0 spiro atoms. The van der Waals surface area contributed by atoms with Crippen LogP contribution in [0.3, 0.4) is 0 Å². The molecular formula is C58H47N9. The summed E-state index contributed by atoms with van der Waals surface area (Å²) >= 11 is 0. The molecule has 0 aliphatic rings. The third-order valence-electron chi connectivity index (χ3n) is 11.8. The largest absolute Gasteiger partial charge is 0.399 e. The summed E-state index contributed by atoms with van der Waals surface area (Å²) in [6.45, 7) is 0. The summed E-state index contributed by atoms with van der Waals surface area (Å²) in [5.41, 5.74) is 50.0. The minimum atomic E-state index is 0.476. The standard InChI is InChI=1S/C58H47N9/c1-64-55-19-7-13-40(34-55)46-22-45(39-12-6-18-54(63)33-39)27-49(28-46)58-66-56(47-23-41(35-8-2-14-50(59)29-35)20-42(24-47)36-9-3-15-51(60)30-36)65-57(67-58)48-25-43(37-10-4-16-52(61)31-37)21-44(26-48)38-11-5-17-53(62)32-38/h2-34,64H,59-63H2,1H3. The van der Waals surface area contributed by atoms with Crippen LogP contribution >= 0.6 is 0 Å². The molecular weight excluding hydrogens is 823 g/mol. The van der Waals surface area contributed by atoms with Crippen LogP contribution in [0, 0.1) is 0 Å². The molecule has 0 amide bonds. The molecule has 1 aromatic heterocycles. The lowest BCUT2D eigenvalue weighted by atomic mass is 9.94. The highest BCUT2D eigenvalue weighted by Gasteiger charge is 2.19. The van der Waals surface area contributed by atoms with Crippen LogP contribution in [0.15, 0.2) is 200 Å². The van der Waals surface area contributed by atoms with Gasteiger partial charge < -0.3 is 34.0 Å². The molecule has 0 bridgehead atoms. The van der Waals surface area contributed by atoms with Crippen LogP contribution in [0.1, 0.15) is 0 Å². The van der Waals surface area contributed by atoms with Crippen molar-refractivity contribution in [2.24, 2.45) is 0 Å². The second kappa shape index (κ2) is 17.8. The lowest BCUT2D eigenvalue weighted by Gasteiger charge is -2.15. The van der Waals surface area contributed by atoms with Crippen molar-refractivity contribution in [3.63, 3.8) is 0 Å². The van der Waals surface area contributed by atoms with Crippen molar-refractivity contribution in [3.05, 3.63) is 200 Å². The van der Waals surface area contributed by atoms with Crippen molar-refractivity contribution in [1.29, 1.82) is 0 Å². The Morgan fingerprint density at radius 2 is 0.478 bits per heavy atom. The van der Waals surface area contributed by atoms with E-state index in [9.17, 15) is 0 Å². The molecule has 0 saturated heterocycles. The maximum Gasteiger partial charge on any atom is 0.164 e. The fourth-order valence-corrected chi connectivity index (χ4v) is 8.48. The number of nitrogens with one attached hydrogen (secondary N) is 1. The molecule has 1 heterocycles. The van der Waals surface area contributed by atoms with E-state index in [0.717, 1.165) is 89.1 Å². The molecule has 0 fully saturated rings. The fourth-order valence-electron chi connectivity index (χ4n) is 8.48. The summed E-state index contributed by atoms with van der Waals surface area (Å²) in [6.07, 6.45) is 0. The molecule has 10 aromatic rings. The summed E-state index contributed by atoms with van der Waals surface area (Å²) in [6, 6.07) is 66.8. The number of nitrogen functional groups attached to an aromatic ring is 5. The Morgan fingerprint density at radius 3 is 0.716 bits per heavy atom. The molecule has 9 aromatic carbocycles. The van der Waals surface area contributed by atoms with Crippen molar-refractivity contribution in [2.45, 2.75) is 0 Å². The first-order valence-electron chi connectivity index (χ1n) is 21.9. The van der Waals surface area contributed by atoms with Gasteiger partial charge in [0.2, 0.25) is 0 Å². The monoisotopic (exact) mass is 869 g/mol. The molecule has 10 rings (SSSR count). The number of benzene rings is 9. The van der Waals surface area contributed by atoms with Crippen molar-refractivity contribution < 1.29 is 0 Å². The van der Waals surface area contributed by atoms with Gasteiger partial charge in [-0.1, -0.05) is 72.8 Å². The topological polar surface area (TPSA) is 181 Å². The average molecular weight is 870 g/mol. The first-order valence-corrected chi connectivity index (χ1v) is 21.9. The molecule has 9 heteroatoms. The van der Waals surface area contributed by atoms with Gasteiger partial charge in [0, 0.05) is 57.9 Å². The number of aromatic nitrogens is 3. The van der Waals surface area contributed by atoms with E-state index in [4.69, 9.17) is 43.6 Å². The van der Waals surface area contributed by atoms with Gasteiger partial charge in [0.25, 0.3) is 0 Å². The maximum atomic E-state index is 6.38. The molecule has 324 valence electrons. The summed E-state index contributed by atoms with van der Waals surface area (Å²) in [5, 5.41) is 3.29. The van der Waals surface area contributed by atoms with E-state index in [0.29, 0.717) is 45.9 Å². The molecule has 0 saturated carbocycles. The third kappa shape index (κ3) is 9.11. The SMILES string of the molecule is CNc1cccc(-c2cc(-c3cccc(N)c3)cc(-c3nc(-c4cc(-c5cccc(N)c5)cc(-c5cccc(N)c5)c4)nc(-c4cc(-c5cccc(N)c5)cc(-c5cccc(N)c5)c4)n3)c2)c1. The number of hydrogen-bond acceptors (Lipinski definition) is 9. The third-order valence-corrected chi connectivity index (χ3v) is 11.8. The van der Waals surface area contributed by atoms with Crippen molar-refractivity contribution in [3.8, 4) is 101 Å². The van der Waals surface area contributed by atoms with Gasteiger partial charge in [-0.05, 0) is 194 Å².